The minimum absolute atomic E-state index is 0.00898. The number of hydrogen-bond acceptors (Lipinski definition) is 5. The quantitative estimate of drug-likeness (QED) is 0.382. The first-order valence-electron chi connectivity index (χ1n) is 8.59. The molecule has 0 saturated heterocycles. The van der Waals surface area contributed by atoms with E-state index in [1.807, 2.05) is 6.92 Å². The van der Waals surface area contributed by atoms with E-state index in [1.165, 1.54) is 11.8 Å². The van der Waals surface area contributed by atoms with Crippen LogP contribution in [0.5, 0.6) is 0 Å². The van der Waals surface area contributed by atoms with Gasteiger partial charge in [-0.25, -0.2) is 9.97 Å². The van der Waals surface area contributed by atoms with E-state index in [9.17, 15) is 4.79 Å². The van der Waals surface area contributed by atoms with Gasteiger partial charge in [0, 0.05) is 25.2 Å². The highest BCUT2D eigenvalue weighted by Gasteiger charge is 2.14. The second-order valence-electron chi connectivity index (χ2n) is 6.21. The van der Waals surface area contributed by atoms with Crippen LogP contribution in [0.3, 0.4) is 0 Å². The van der Waals surface area contributed by atoms with E-state index in [4.69, 9.17) is 11.6 Å². The van der Waals surface area contributed by atoms with Gasteiger partial charge >= 0.3 is 0 Å². The third-order valence-corrected chi connectivity index (χ3v) is 4.73. The zero-order valence-electron chi connectivity index (χ0n) is 15.3. The molecule has 1 amide bonds. The number of carbonyl (C=O) groups excluding carboxylic acids is 1. The van der Waals surface area contributed by atoms with E-state index >= 15 is 0 Å². The first-order valence-corrected chi connectivity index (χ1v) is 9.95. The van der Waals surface area contributed by atoms with Gasteiger partial charge in [-0.2, -0.15) is 0 Å². The van der Waals surface area contributed by atoms with Crippen molar-refractivity contribution in [2.75, 3.05) is 23.7 Å². The van der Waals surface area contributed by atoms with Crippen molar-refractivity contribution in [2.24, 2.45) is 5.92 Å². The van der Waals surface area contributed by atoms with Crippen molar-refractivity contribution >= 4 is 35.1 Å². The van der Waals surface area contributed by atoms with E-state index in [0.717, 1.165) is 31.7 Å². The van der Waals surface area contributed by atoms with Gasteiger partial charge in [-0.1, -0.05) is 51.1 Å². The zero-order valence-corrected chi connectivity index (χ0v) is 16.9. The summed E-state index contributed by atoms with van der Waals surface area (Å²) in [6.45, 7) is 12.3. The molecule has 0 saturated carbocycles. The number of rotatable bonds is 10. The van der Waals surface area contributed by atoms with Crippen LogP contribution >= 0.6 is 23.4 Å². The van der Waals surface area contributed by atoms with Crippen LogP contribution < -0.4 is 10.2 Å². The van der Waals surface area contributed by atoms with Crippen LogP contribution in [0.4, 0.5) is 5.82 Å². The molecule has 1 aromatic rings. The number of nitrogens with one attached hydrogen (secondary N) is 1. The molecule has 1 unspecified atom stereocenters. The maximum atomic E-state index is 12.0. The molecule has 0 aromatic carbocycles. The molecule has 1 heterocycles. The van der Waals surface area contributed by atoms with Crippen LogP contribution in [0.15, 0.2) is 11.2 Å². The Kier molecular flexibility index (Phi) is 9.44. The Labute approximate surface area is 155 Å². The van der Waals surface area contributed by atoms with Crippen LogP contribution in [-0.2, 0) is 4.79 Å². The molecule has 5 nitrogen and oxygen atoms in total. The van der Waals surface area contributed by atoms with Crippen LogP contribution in [0.1, 0.15) is 47.5 Å². The highest BCUT2D eigenvalue weighted by molar-refractivity contribution is 7.99. The fourth-order valence-corrected chi connectivity index (χ4v) is 2.98. The molecular weight excluding hydrogens is 344 g/mol. The van der Waals surface area contributed by atoms with Crippen molar-refractivity contribution in [2.45, 2.75) is 58.7 Å². The SMILES string of the molecule is CCCN(CCC)c1cc(Cl)nc(SCC(=O)NC(C)C(C)C)n1. The largest absolute Gasteiger partial charge is 0.356 e. The normalized spacial score (nSPS) is 12.3. The lowest BCUT2D eigenvalue weighted by molar-refractivity contribution is -0.119. The number of hydrogen-bond donors (Lipinski definition) is 1. The zero-order chi connectivity index (χ0) is 18.1. The first-order chi connectivity index (χ1) is 11.4. The number of thioether (sulfide) groups is 1. The topological polar surface area (TPSA) is 58.1 Å². The summed E-state index contributed by atoms with van der Waals surface area (Å²) in [6.07, 6.45) is 2.08. The molecule has 24 heavy (non-hydrogen) atoms. The molecule has 0 bridgehead atoms. The van der Waals surface area contributed by atoms with Crippen molar-refractivity contribution in [1.29, 1.82) is 0 Å². The maximum Gasteiger partial charge on any atom is 0.230 e. The minimum Gasteiger partial charge on any atom is -0.356 e. The lowest BCUT2D eigenvalue weighted by atomic mass is 10.1. The van der Waals surface area contributed by atoms with Crippen LogP contribution in [0, 0.1) is 5.92 Å². The Morgan fingerprint density at radius 1 is 1.25 bits per heavy atom. The summed E-state index contributed by atoms with van der Waals surface area (Å²) >= 11 is 7.46. The second-order valence-corrected chi connectivity index (χ2v) is 7.54. The predicted octanol–water partition coefficient (Wildman–Crippen LogP) is 4.01. The highest BCUT2D eigenvalue weighted by Crippen LogP contribution is 2.22. The maximum absolute atomic E-state index is 12.0. The fourth-order valence-electron chi connectivity index (χ4n) is 2.09. The van der Waals surface area contributed by atoms with Gasteiger partial charge in [-0.15, -0.1) is 0 Å². The second kappa shape index (κ2) is 10.8. The number of carbonyl (C=O) groups is 1. The summed E-state index contributed by atoms with van der Waals surface area (Å²) in [5, 5.41) is 3.94. The average molecular weight is 373 g/mol. The van der Waals surface area contributed by atoms with Gasteiger partial charge in [0.15, 0.2) is 5.16 Å². The fraction of sp³-hybridized carbons (Fsp3) is 0.706. The Morgan fingerprint density at radius 3 is 2.42 bits per heavy atom. The van der Waals surface area contributed by atoms with Crippen LogP contribution in [0.2, 0.25) is 5.15 Å². The smallest absolute Gasteiger partial charge is 0.230 e. The van der Waals surface area contributed by atoms with Crippen LogP contribution in [-0.4, -0.2) is 40.8 Å². The molecule has 0 aliphatic carbocycles. The monoisotopic (exact) mass is 372 g/mol. The summed E-state index contributed by atoms with van der Waals surface area (Å²) in [7, 11) is 0. The molecule has 0 spiro atoms. The van der Waals surface area contributed by atoms with Crippen molar-refractivity contribution in [3.8, 4) is 0 Å². The number of nitrogens with zero attached hydrogens (tertiary/aromatic N) is 3. The van der Waals surface area contributed by atoms with Crippen LogP contribution in [0.25, 0.3) is 0 Å². The highest BCUT2D eigenvalue weighted by atomic mass is 35.5. The molecular formula is C17H29ClN4OS. The molecule has 136 valence electrons. The Balaban J connectivity index is 2.73. The third kappa shape index (κ3) is 7.26. The Bertz CT molecular complexity index is 521. The molecule has 1 atom stereocenters. The minimum atomic E-state index is -0.00898. The first kappa shape index (κ1) is 21.0. The summed E-state index contributed by atoms with van der Waals surface area (Å²) in [6, 6.07) is 1.94. The third-order valence-electron chi connectivity index (χ3n) is 3.69. The van der Waals surface area contributed by atoms with Gasteiger partial charge in [0.1, 0.15) is 11.0 Å². The summed E-state index contributed by atoms with van der Waals surface area (Å²) in [5.41, 5.74) is 0. The predicted molar refractivity (Wildman–Crippen MR) is 103 cm³/mol. The summed E-state index contributed by atoms with van der Waals surface area (Å²) in [5.74, 6) is 1.52. The van der Waals surface area contributed by atoms with Gasteiger partial charge in [0.2, 0.25) is 5.91 Å². The van der Waals surface area contributed by atoms with Crippen molar-refractivity contribution in [1.82, 2.24) is 15.3 Å². The van der Waals surface area contributed by atoms with E-state index < -0.39 is 0 Å². The van der Waals surface area contributed by atoms with Gasteiger partial charge in [0.05, 0.1) is 5.75 Å². The van der Waals surface area contributed by atoms with Crippen molar-refractivity contribution < 1.29 is 4.79 Å². The molecule has 7 heteroatoms. The van der Waals surface area contributed by atoms with Crippen molar-refractivity contribution in [3.63, 3.8) is 0 Å². The number of amides is 1. The standard InChI is InChI=1S/C17H29ClN4OS/c1-6-8-22(9-7-2)15-10-14(18)20-17(21-15)24-11-16(23)19-13(5)12(3)4/h10,12-13H,6-9,11H2,1-5H3,(H,19,23). The van der Waals surface area contributed by atoms with E-state index in [2.05, 4.69) is 47.9 Å². The van der Waals surface area contributed by atoms with E-state index in [-0.39, 0.29) is 11.9 Å². The van der Waals surface area contributed by atoms with E-state index in [0.29, 0.717) is 22.0 Å². The van der Waals surface area contributed by atoms with Gasteiger partial charge in [-0.3, -0.25) is 4.79 Å². The Hall–Kier alpha value is -1.01. The van der Waals surface area contributed by atoms with Gasteiger partial charge in [0.25, 0.3) is 0 Å². The summed E-state index contributed by atoms with van der Waals surface area (Å²) < 4.78 is 0. The number of halogens is 1. The molecule has 1 rings (SSSR count). The van der Waals surface area contributed by atoms with Gasteiger partial charge in [-0.05, 0) is 25.7 Å². The van der Waals surface area contributed by atoms with Gasteiger partial charge < -0.3 is 10.2 Å². The Morgan fingerprint density at radius 2 is 1.88 bits per heavy atom. The molecule has 1 N–H and O–H groups in total. The lowest BCUT2D eigenvalue weighted by Crippen LogP contribution is -2.37. The summed E-state index contributed by atoms with van der Waals surface area (Å²) in [4.78, 5) is 23.0. The molecule has 0 aliphatic rings. The molecule has 1 aromatic heterocycles. The van der Waals surface area contributed by atoms with Crippen molar-refractivity contribution in [3.05, 3.63) is 11.2 Å². The average Bonchev–Trinajstić information content (AvgIpc) is 2.52. The molecule has 0 radical (unpaired) electrons. The molecule has 0 fully saturated rings. The lowest BCUT2D eigenvalue weighted by Gasteiger charge is -2.23. The number of anilines is 1. The number of aromatic nitrogens is 2. The molecule has 0 aliphatic heterocycles. The van der Waals surface area contributed by atoms with E-state index in [1.54, 1.807) is 6.07 Å².